The summed E-state index contributed by atoms with van der Waals surface area (Å²) in [6.45, 7) is 5.80. The maximum Gasteiger partial charge on any atom is 0.279 e. The minimum absolute atomic E-state index is 0.183. The number of likely N-dealkylation sites (N-methyl/N-ethyl adjacent to an activating group) is 1. The van der Waals surface area contributed by atoms with E-state index in [0.29, 0.717) is 34.7 Å². The number of rotatable bonds is 4. The van der Waals surface area contributed by atoms with Gasteiger partial charge in [-0.1, -0.05) is 0 Å². The normalized spacial score (nSPS) is 16.3. The molecule has 0 bridgehead atoms. The van der Waals surface area contributed by atoms with Crippen molar-refractivity contribution in [1.29, 1.82) is 0 Å². The van der Waals surface area contributed by atoms with Crippen LogP contribution in [0.2, 0.25) is 0 Å². The molecule has 1 fully saturated rings. The van der Waals surface area contributed by atoms with Gasteiger partial charge in [0.25, 0.3) is 5.91 Å². The van der Waals surface area contributed by atoms with Crippen LogP contribution in [0.3, 0.4) is 0 Å². The molecular formula is C22H27N9O2S. The topological polar surface area (TPSA) is 103 Å². The summed E-state index contributed by atoms with van der Waals surface area (Å²) < 4.78 is 5.62. The van der Waals surface area contributed by atoms with Crippen molar-refractivity contribution in [3.8, 4) is 5.75 Å². The monoisotopic (exact) mass is 481 g/mol. The van der Waals surface area contributed by atoms with E-state index in [2.05, 4.69) is 37.1 Å². The Morgan fingerprint density at radius 3 is 2.53 bits per heavy atom. The van der Waals surface area contributed by atoms with Crippen LogP contribution in [0.4, 0.5) is 34.0 Å². The third kappa shape index (κ3) is 3.88. The minimum atomic E-state index is -0.183. The van der Waals surface area contributed by atoms with Crippen LogP contribution in [-0.4, -0.2) is 85.2 Å². The SMILES string of the molecule is COc1cc(N2CCN(C)CC2)cnc1Nc1ncc2c(n1)N(C)c1sc(C)nc1C(=O)N2C. The Bertz CT molecular complexity index is 1240. The lowest BCUT2D eigenvalue weighted by Crippen LogP contribution is -2.44. The highest BCUT2D eigenvalue weighted by Crippen LogP contribution is 2.41. The van der Waals surface area contributed by atoms with Gasteiger partial charge in [0.1, 0.15) is 10.7 Å². The molecule has 3 aromatic heterocycles. The average Bonchev–Trinajstić information content (AvgIpc) is 3.22. The molecule has 5 rings (SSSR count). The van der Waals surface area contributed by atoms with Crippen molar-refractivity contribution in [2.24, 2.45) is 0 Å². The second-order valence-electron chi connectivity index (χ2n) is 8.37. The Hall–Kier alpha value is -3.51. The Balaban J connectivity index is 1.45. The van der Waals surface area contributed by atoms with Gasteiger partial charge in [-0.15, -0.1) is 11.3 Å². The molecule has 0 spiro atoms. The zero-order chi connectivity index (χ0) is 24.0. The number of aryl methyl sites for hydroxylation is 1. The van der Waals surface area contributed by atoms with E-state index in [-0.39, 0.29) is 5.91 Å². The van der Waals surface area contributed by atoms with Gasteiger partial charge in [-0.2, -0.15) is 4.98 Å². The van der Waals surface area contributed by atoms with Crippen LogP contribution in [0.15, 0.2) is 18.5 Å². The molecule has 12 heteroatoms. The van der Waals surface area contributed by atoms with Crippen LogP contribution in [-0.2, 0) is 0 Å². The first-order chi connectivity index (χ1) is 16.4. The smallest absolute Gasteiger partial charge is 0.279 e. The van der Waals surface area contributed by atoms with Crippen LogP contribution < -0.4 is 24.8 Å². The van der Waals surface area contributed by atoms with Crippen molar-refractivity contribution < 1.29 is 9.53 Å². The Labute approximate surface area is 202 Å². The maximum absolute atomic E-state index is 12.9. The van der Waals surface area contributed by atoms with Gasteiger partial charge in [0.05, 0.1) is 30.2 Å². The van der Waals surface area contributed by atoms with Crippen molar-refractivity contribution in [3.05, 3.63) is 29.2 Å². The first-order valence-corrected chi connectivity index (χ1v) is 11.8. The molecule has 3 aromatic rings. The van der Waals surface area contributed by atoms with E-state index in [4.69, 9.17) is 9.72 Å². The summed E-state index contributed by atoms with van der Waals surface area (Å²) in [6, 6.07) is 1.98. The number of methoxy groups -OCH3 is 1. The van der Waals surface area contributed by atoms with E-state index in [0.717, 1.165) is 41.9 Å². The van der Waals surface area contributed by atoms with Crippen LogP contribution in [0.25, 0.3) is 0 Å². The molecule has 0 aliphatic carbocycles. The summed E-state index contributed by atoms with van der Waals surface area (Å²) in [5.41, 5.74) is 2.04. The number of ether oxygens (including phenoxy) is 1. The first kappa shape index (κ1) is 22.3. The lowest BCUT2D eigenvalue weighted by Gasteiger charge is -2.34. The highest BCUT2D eigenvalue weighted by molar-refractivity contribution is 7.16. The quantitative estimate of drug-likeness (QED) is 0.598. The molecule has 0 atom stereocenters. The summed E-state index contributed by atoms with van der Waals surface area (Å²) in [5, 5.41) is 4.76. The summed E-state index contributed by atoms with van der Waals surface area (Å²) in [6.07, 6.45) is 3.47. The second kappa shape index (κ2) is 8.69. The fraction of sp³-hybridized carbons (Fsp3) is 0.409. The number of nitrogens with zero attached hydrogens (tertiary/aromatic N) is 8. The Morgan fingerprint density at radius 1 is 1.03 bits per heavy atom. The van der Waals surface area contributed by atoms with Crippen molar-refractivity contribution in [2.75, 3.05) is 74.4 Å². The van der Waals surface area contributed by atoms with Crippen LogP contribution in [0.1, 0.15) is 15.5 Å². The third-order valence-electron chi connectivity index (χ3n) is 6.11. The van der Waals surface area contributed by atoms with Gasteiger partial charge in [0, 0.05) is 46.3 Å². The predicted octanol–water partition coefficient (Wildman–Crippen LogP) is 2.50. The van der Waals surface area contributed by atoms with Crippen molar-refractivity contribution in [1.82, 2.24) is 24.8 Å². The van der Waals surface area contributed by atoms with E-state index in [1.165, 1.54) is 16.2 Å². The van der Waals surface area contributed by atoms with E-state index < -0.39 is 0 Å². The zero-order valence-corrected chi connectivity index (χ0v) is 20.7. The van der Waals surface area contributed by atoms with Gasteiger partial charge >= 0.3 is 0 Å². The molecule has 11 nitrogen and oxygen atoms in total. The van der Waals surface area contributed by atoms with Crippen molar-refractivity contribution in [2.45, 2.75) is 6.92 Å². The minimum Gasteiger partial charge on any atom is -0.493 e. The summed E-state index contributed by atoms with van der Waals surface area (Å²) in [7, 11) is 7.33. The molecule has 0 radical (unpaired) electrons. The number of pyridine rings is 1. The van der Waals surface area contributed by atoms with Crippen LogP contribution >= 0.6 is 11.3 Å². The van der Waals surface area contributed by atoms with Gasteiger partial charge < -0.3 is 29.7 Å². The van der Waals surface area contributed by atoms with Crippen molar-refractivity contribution in [3.63, 3.8) is 0 Å². The van der Waals surface area contributed by atoms with Gasteiger partial charge in [-0.05, 0) is 14.0 Å². The predicted molar refractivity (Wildman–Crippen MR) is 133 cm³/mol. The van der Waals surface area contributed by atoms with Gasteiger partial charge in [0.15, 0.2) is 23.1 Å². The highest BCUT2D eigenvalue weighted by atomic mass is 32.1. The number of nitrogens with one attached hydrogen (secondary N) is 1. The van der Waals surface area contributed by atoms with E-state index in [9.17, 15) is 4.79 Å². The number of hydrogen-bond donors (Lipinski definition) is 1. The number of amides is 1. The number of piperazine rings is 1. The molecule has 5 heterocycles. The number of aromatic nitrogens is 4. The standard InChI is InChI=1S/C22H27N9O2S/c1-13-25-17-20(32)29(3)15-12-24-22(27-19(15)30(4)21(17)34-13)26-18-16(33-5)10-14(11-23-18)31-8-6-28(2)7-9-31/h10-12H,6-9H2,1-5H3,(H,23,24,26,27). The van der Waals surface area contributed by atoms with E-state index in [1.54, 1.807) is 20.4 Å². The number of thiazole rings is 1. The largest absolute Gasteiger partial charge is 0.493 e. The molecule has 0 unspecified atom stereocenters. The first-order valence-electron chi connectivity index (χ1n) is 11.0. The number of carbonyl (C=O) groups is 1. The Morgan fingerprint density at radius 2 is 1.79 bits per heavy atom. The molecule has 0 saturated carbocycles. The molecular weight excluding hydrogens is 454 g/mol. The summed E-state index contributed by atoms with van der Waals surface area (Å²) in [4.78, 5) is 39.1. The zero-order valence-electron chi connectivity index (χ0n) is 19.9. The number of carbonyl (C=O) groups excluding carboxylic acids is 1. The molecule has 0 aromatic carbocycles. The van der Waals surface area contributed by atoms with Gasteiger partial charge in [-0.25, -0.2) is 15.0 Å². The Kier molecular flexibility index (Phi) is 5.70. The van der Waals surface area contributed by atoms with Crippen molar-refractivity contribution >= 4 is 51.2 Å². The lowest BCUT2D eigenvalue weighted by atomic mass is 10.2. The fourth-order valence-corrected chi connectivity index (χ4v) is 4.95. The molecule has 34 heavy (non-hydrogen) atoms. The molecule has 1 amide bonds. The van der Waals surface area contributed by atoms with Gasteiger partial charge in [0.2, 0.25) is 5.95 Å². The van der Waals surface area contributed by atoms with Crippen LogP contribution in [0.5, 0.6) is 5.75 Å². The van der Waals surface area contributed by atoms with Gasteiger partial charge in [-0.3, -0.25) is 4.79 Å². The van der Waals surface area contributed by atoms with Crippen LogP contribution in [0, 0.1) is 6.92 Å². The summed E-state index contributed by atoms with van der Waals surface area (Å²) >= 11 is 1.46. The number of anilines is 6. The van der Waals surface area contributed by atoms with E-state index >= 15 is 0 Å². The third-order valence-corrected chi connectivity index (χ3v) is 7.16. The fourth-order valence-electron chi connectivity index (χ4n) is 4.08. The highest BCUT2D eigenvalue weighted by Gasteiger charge is 2.32. The molecule has 1 N–H and O–H groups in total. The lowest BCUT2D eigenvalue weighted by molar-refractivity contribution is 0.0990. The van der Waals surface area contributed by atoms with E-state index in [1.807, 2.05) is 31.1 Å². The molecule has 2 aliphatic heterocycles. The molecule has 1 saturated heterocycles. The second-order valence-corrected chi connectivity index (χ2v) is 9.55. The average molecular weight is 482 g/mol. The number of hydrogen-bond acceptors (Lipinski definition) is 11. The molecule has 2 aliphatic rings. The number of fused-ring (bicyclic) bond motifs is 2. The summed E-state index contributed by atoms with van der Waals surface area (Å²) in [5.74, 6) is 1.90. The molecule has 178 valence electrons. The maximum atomic E-state index is 12.9.